The predicted molar refractivity (Wildman–Crippen MR) is 80.0 cm³/mol. The molecule has 1 aromatic heterocycles. The van der Waals surface area contributed by atoms with Gasteiger partial charge < -0.3 is 14.9 Å². The summed E-state index contributed by atoms with van der Waals surface area (Å²) in [5, 5.41) is 10.2. The number of carbonyl (C=O) groups is 1. The highest BCUT2D eigenvalue weighted by Gasteiger charge is 2.33. The molecular formula is C14H21N3O2S. The zero-order chi connectivity index (χ0) is 14.3. The number of rotatable bonds is 4. The van der Waals surface area contributed by atoms with Crippen molar-refractivity contribution in [3.63, 3.8) is 0 Å². The summed E-state index contributed by atoms with van der Waals surface area (Å²) in [5.74, 6) is -0.427. The number of piperidine rings is 1. The number of thiazole rings is 1. The van der Waals surface area contributed by atoms with Gasteiger partial charge in [-0.25, -0.2) is 9.78 Å². The number of anilines is 1. The number of carboxylic acid groups (broad SMARTS) is 1. The molecule has 2 fully saturated rings. The van der Waals surface area contributed by atoms with E-state index in [1.807, 2.05) is 0 Å². The van der Waals surface area contributed by atoms with Crippen molar-refractivity contribution in [1.82, 2.24) is 9.88 Å². The molecule has 5 nitrogen and oxygen atoms in total. The minimum absolute atomic E-state index is 0.394. The van der Waals surface area contributed by atoms with Crippen molar-refractivity contribution in [2.45, 2.75) is 37.6 Å². The Morgan fingerprint density at radius 1 is 1.30 bits per heavy atom. The second-order valence-corrected chi connectivity index (χ2v) is 6.95. The van der Waals surface area contributed by atoms with Gasteiger partial charge in [-0.3, -0.25) is 0 Å². The maximum absolute atomic E-state index is 11.3. The number of hydrogen-bond donors (Lipinski definition) is 1. The van der Waals surface area contributed by atoms with Crippen LogP contribution < -0.4 is 4.90 Å². The molecule has 2 aliphatic rings. The highest BCUT2D eigenvalue weighted by atomic mass is 32.1. The van der Waals surface area contributed by atoms with Crippen LogP contribution in [0.5, 0.6) is 0 Å². The van der Waals surface area contributed by atoms with Crippen LogP contribution in [0.1, 0.15) is 47.0 Å². The Kier molecular flexibility index (Phi) is 3.69. The van der Waals surface area contributed by atoms with Crippen LogP contribution in [0.2, 0.25) is 0 Å². The first-order valence-corrected chi connectivity index (χ1v) is 8.03. The van der Waals surface area contributed by atoms with Crippen LogP contribution in [-0.2, 0) is 0 Å². The second kappa shape index (κ2) is 5.33. The fourth-order valence-corrected chi connectivity index (χ4v) is 3.86. The van der Waals surface area contributed by atoms with Gasteiger partial charge in [0.25, 0.3) is 0 Å². The van der Waals surface area contributed by atoms with Gasteiger partial charge in [-0.2, -0.15) is 0 Å². The van der Waals surface area contributed by atoms with E-state index in [1.165, 1.54) is 11.3 Å². The number of aromatic carboxylic acids is 1. The van der Waals surface area contributed by atoms with Crippen LogP contribution in [0.4, 0.5) is 5.13 Å². The monoisotopic (exact) mass is 295 g/mol. The average Bonchev–Trinajstić information content (AvgIpc) is 3.17. The first-order valence-electron chi connectivity index (χ1n) is 7.21. The Bertz CT molecular complexity index is 503. The van der Waals surface area contributed by atoms with Crippen LogP contribution in [0.25, 0.3) is 0 Å². The van der Waals surface area contributed by atoms with Crippen LogP contribution in [0.3, 0.4) is 0 Å². The average molecular weight is 295 g/mol. The molecule has 0 bridgehead atoms. The molecule has 0 unspecified atom stereocenters. The number of hydrogen-bond acceptors (Lipinski definition) is 5. The normalized spacial score (nSPS) is 20.6. The molecule has 1 saturated heterocycles. The standard InChI is InChI=1S/C14H21N3O2S/c1-16(2)10-5-7-17(8-6-10)14-15-11(9-3-4-9)12(20-14)13(18)19/h9-10H,3-8H2,1-2H3,(H,18,19). The van der Waals surface area contributed by atoms with E-state index in [2.05, 4.69) is 28.9 Å². The molecule has 1 saturated carbocycles. The number of carboxylic acids is 1. The van der Waals surface area contributed by atoms with Crippen LogP contribution in [0.15, 0.2) is 0 Å². The summed E-state index contributed by atoms with van der Waals surface area (Å²) in [4.78, 5) is 21.0. The van der Waals surface area contributed by atoms with Crippen LogP contribution in [-0.4, -0.2) is 54.2 Å². The molecule has 0 spiro atoms. The smallest absolute Gasteiger partial charge is 0.347 e. The van der Waals surface area contributed by atoms with Gasteiger partial charge in [-0.15, -0.1) is 0 Å². The molecule has 1 aliphatic heterocycles. The first kappa shape index (κ1) is 13.8. The second-order valence-electron chi connectivity index (χ2n) is 5.97. The van der Waals surface area contributed by atoms with E-state index in [0.717, 1.165) is 49.6 Å². The summed E-state index contributed by atoms with van der Waals surface area (Å²) in [5.41, 5.74) is 0.826. The zero-order valence-corrected chi connectivity index (χ0v) is 12.8. The van der Waals surface area contributed by atoms with Gasteiger partial charge in [0, 0.05) is 25.0 Å². The molecule has 1 aliphatic carbocycles. The third-order valence-corrected chi connectivity index (χ3v) is 5.39. The number of nitrogens with zero attached hydrogens (tertiary/aromatic N) is 3. The van der Waals surface area contributed by atoms with Crippen LogP contribution >= 0.6 is 11.3 Å². The third-order valence-electron chi connectivity index (χ3n) is 4.27. The largest absolute Gasteiger partial charge is 0.477 e. The summed E-state index contributed by atoms with van der Waals surface area (Å²) in [7, 11) is 4.24. The van der Waals surface area contributed by atoms with Crippen molar-refractivity contribution in [3.05, 3.63) is 10.6 Å². The third kappa shape index (κ3) is 2.67. The van der Waals surface area contributed by atoms with Crippen molar-refractivity contribution in [2.24, 2.45) is 0 Å². The fraction of sp³-hybridized carbons (Fsp3) is 0.714. The molecule has 110 valence electrons. The number of aromatic nitrogens is 1. The van der Waals surface area contributed by atoms with E-state index in [1.54, 1.807) is 0 Å². The highest BCUT2D eigenvalue weighted by Crippen LogP contribution is 2.44. The Morgan fingerprint density at radius 3 is 2.45 bits per heavy atom. The molecule has 20 heavy (non-hydrogen) atoms. The summed E-state index contributed by atoms with van der Waals surface area (Å²) in [6.07, 6.45) is 4.42. The van der Waals surface area contributed by atoms with Crippen molar-refractivity contribution < 1.29 is 9.90 Å². The summed E-state index contributed by atoms with van der Waals surface area (Å²) in [6, 6.07) is 0.632. The first-order chi connectivity index (χ1) is 9.56. The van der Waals surface area contributed by atoms with Gasteiger partial charge in [0.05, 0.1) is 5.69 Å². The molecule has 3 rings (SSSR count). The van der Waals surface area contributed by atoms with Gasteiger partial charge in [0.2, 0.25) is 0 Å². The molecule has 0 radical (unpaired) electrons. The summed E-state index contributed by atoms with van der Waals surface area (Å²) in [6.45, 7) is 1.94. The maximum atomic E-state index is 11.3. The van der Waals surface area contributed by atoms with E-state index in [9.17, 15) is 9.90 Å². The minimum Gasteiger partial charge on any atom is -0.477 e. The lowest BCUT2D eigenvalue weighted by Crippen LogP contribution is -2.41. The van der Waals surface area contributed by atoms with E-state index >= 15 is 0 Å². The zero-order valence-electron chi connectivity index (χ0n) is 12.0. The van der Waals surface area contributed by atoms with Gasteiger partial charge in [0.15, 0.2) is 5.13 Å². The Balaban J connectivity index is 1.75. The van der Waals surface area contributed by atoms with Gasteiger partial charge >= 0.3 is 5.97 Å². The molecule has 1 N–H and O–H groups in total. The van der Waals surface area contributed by atoms with Gasteiger partial charge in [-0.05, 0) is 39.8 Å². The summed E-state index contributed by atoms with van der Waals surface area (Å²) >= 11 is 1.35. The van der Waals surface area contributed by atoms with Gasteiger partial charge in [-0.1, -0.05) is 11.3 Å². The lowest BCUT2D eigenvalue weighted by Gasteiger charge is -2.35. The van der Waals surface area contributed by atoms with Crippen molar-refractivity contribution in [3.8, 4) is 0 Å². The van der Waals surface area contributed by atoms with E-state index < -0.39 is 5.97 Å². The van der Waals surface area contributed by atoms with E-state index in [0.29, 0.717) is 16.8 Å². The lowest BCUT2D eigenvalue weighted by atomic mass is 10.0. The predicted octanol–water partition coefficient (Wildman–Crippen LogP) is 2.25. The SMILES string of the molecule is CN(C)C1CCN(c2nc(C3CC3)c(C(=O)O)s2)CC1. The molecule has 0 atom stereocenters. The summed E-state index contributed by atoms with van der Waals surface area (Å²) < 4.78 is 0. The van der Waals surface area contributed by atoms with E-state index in [4.69, 9.17) is 0 Å². The topological polar surface area (TPSA) is 56.7 Å². The van der Waals surface area contributed by atoms with Crippen molar-refractivity contribution >= 4 is 22.4 Å². The minimum atomic E-state index is -0.821. The fourth-order valence-electron chi connectivity index (χ4n) is 2.82. The maximum Gasteiger partial charge on any atom is 0.347 e. The Hall–Kier alpha value is -1.14. The Morgan fingerprint density at radius 2 is 1.95 bits per heavy atom. The van der Waals surface area contributed by atoms with Crippen LogP contribution in [0, 0.1) is 0 Å². The molecule has 1 aromatic rings. The molecule has 2 heterocycles. The quantitative estimate of drug-likeness (QED) is 0.923. The van der Waals surface area contributed by atoms with Crippen molar-refractivity contribution in [1.29, 1.82) is 0 Å². The lowest BCUT2D eigenvalue weighted by molar-refractivity contribution is 0.0700. The van der Waals surface area contributed by atoms with Crippen molar-refractivity contribution in [2.75, 3.05) is 32.1 Å². The molecule has 0 amide bonds. The highest BCUT2D eigenvalue weighted by molar-refractivity contribution is 7.17. The molecule has 0 aromatic carbocycles. The van der Waals surface area contributed by atoms with E-state index in [-0.39, 0.29) is 0 Å². The molecule has 6 heteroatoms. The van der Waals surface area contributed by atoms with Gasteiger partial charge in [0.1, 0.15) is 4.88 Å². The Labute approximate surface area is 123 Å². The molecular weight excluding hydrogens is 274 g/mol.